The molecule has 0 saturated carbocycles. The van der Waals surface area contributed by atoms with Gasteiger partial charge in [-0.25, -0.2) is 0 Å². The highest BCUT2D eigenvalue weighted by molar-refractivity contribution is 5.77. The van der Waals surface area contributed by atoms with Gasteiger partial charge in [0.1, 0.15) is 5.82 Å². The Hall–Kier alpha value is -2.37. The maximum atomic E-state index is 5.96. The Morgan fingerprint density at radius 1 is 1.39 bits per heavy atom. The Balaban J connectivity index is 2.16. The maximum Gasteiger partial charge on any atom is 0.231 e. The SMILES string of the molecule is COc1cc(-c2cnn(C)c2N)cc2c1OCO2. The highest BCUT2D eigenvalue weighted by atomic mass is 16.7. The van der Waals surface area contributed by atoms with Crippen LogP contribution in [0.1, 0.15) is 0 Å². The Kier molecular flexibility index (Phi) is 2.29. The fourth-order valence-electron chi connectivity index (χ4n) is 1.95. The van der Waals surface area contributed by atoms with Crippen LogP contribution in [0.4, 0.5) is 5.82 Å². The predicted molar refractivity (Wildman–Crippen MR) is 65.7 cm³/mol. The Morgan fingerprint density at radius 3 is 2.89 bits per heavy atom. The smallest absolute Gasteiger partial charge is 0.231 e. The van der Waals surface area contributed by atoms with Gasteiger partial charge in [0.05, 0.1) is 13.3 Å². The molecule has 0 bridgehead atoms. The monoisotopic (exact) mass is 247 g/mol. The lowest BCUT2D eigenvalue weighted by Crippen LogP contribution is -1.98. The highest BCUT2D eigenvalue weighted by Gasteiger charge is 2.21. The maximum absolute atomic E-state index is 5.96. The average Bonchev–Trinajstić information content (AvgIpc) is 2.96. The van der Waals surface area contributed by atoms with Gasteiger partial charge in [0.2, 0.25) is 12.5 Å². The van der Waals surface area contributed by atoms with E-state index in [4.69, 9.17) is 19.9 Å². The number of benzene rings is 1. The number of ether oxygens (including phenoxy) is 3. The van der Waals surface area contributed by atoms with Crippen molar-refractivity contribution in [1.29, 1.82) is 0 Å². The summed E-state index contributed by atoms with van der Waals surface area (Å²) in [7, 11) is 3.39. The van der Waals surface area contributed by atoms with E-state index in [0.29, 0.717) is 23.1 Å². The lowest BCUT2D eigenvalue weighted by atomic mass is 10.1. The standard InChI is InChI=1S/C12H13N3O3/c1-15-12(13)8(5-14-15)7-3-9(16-2)11-10(4-7)17-6-18-11/h3-5H,6,13H2,1-2H3. The van der Waals surface area contributed by atoms with Crippen molar-refractivity contribution in [2.75, 3.05) is 19.6 Å². The van der Waals surface area contributed by atoms with Crippen molar-refractivity contribution in [2.24, 2.45) is 7.05 Å². The van der Waals surface area contributed by atoms with Gasteiger partial charge in [0, 0.05) is 12.6 Å². The Bertz CT molecular complexity index is 607. The van der Waals surface area contributed by atoms with E-state index in [1.165, 1.54) is 0 Å². The van der Waals surface area contributed by atoms with Crippen LogP contribution in [0.2, 0.25) is 0 Å². The Labute approximate surface area is 104 Å². The third-order valence-electron chi connectivity index (χ3n) is 2.95. The van der Waals surface area contributed by atoms with Gasteiger partial charge >= 0.3 is 0 Å². The van der Waals surface area contributed by atoms with Crippen LogP contribution in [0.15, 0.2) is 18.3 Å². The molecule has 1 aromatic heterocycles. The number of methoxy groups -OCH3 is 1. The molecule has 0 radical (unpaired) electrons. The van der Waals surface area contributed by atoms with Crippen molar-refractivity contribution in [3.05, 3.63) is 18.3 Å². The molecule has 1 aliphatic heterocycles. The van der Waals surface area contributed by atoms with Gasteiger partial charge in [-0.15, -0.1) is 0 Å². The van der Waals surface area contributed by atoms with Gasteiger partial charge in [-0.1, -0.05) is 0 Å². The fourth-order valence-corrected chi connectivity index (χ4v) is 1.95. The number of rotatable bonds is 2. The predicted octanol–water partition coefficient (Wildman–Crippen LogP) is 1.41. The van der Waals surface area contributed by atoms with Gasteiger partial charge in [0.15, 0.2) is 11.5 Å². The second-order valence-electron chi connectivity index (χ2n) is 3.98. The van der Waals surface area contributed by atoms with Crippen LogP contribution in [-0.4, -0.2) is 23.7 Å². The second-order valence-corrected chi connectivity index (χ2v) is 3.98. The van der Waals surface area contributed by atoms with E-state index in [1.807, 2.05) is 12.1 Å². The lowest BCUT2D eigenvalue weighted by molar-refractivity contribution is 0.171. The molecule has 2 N–H and O–H groups in total. The summed E-state index contributed by atoms with van der Waals surface area (Å²) in [5.74, 6) is 2.51. The minimum atomic E-state index is 0.206. The first-order valence-corrected chi connectivity index (χ1v) is 5.46. The molecule has 0 atom stereocenters. The molecule has 6 heteroatoms. The van der Waals surface area contributed by atoms with Crippen LogP contribution in [0.3, 0.4) is 0 Å². The second kappa shape index (κ2) is 3.83. The molecule has 94 valence electrons. The number of hydrogen-bond acceptors (Lipinski definition) is 5. The first-order valence-electron chi connectivity index (χ1n) is 5.46. The molecule has 2 aromatic rings. The van der Waals surface area contributed by atoms with E-state index in [-0.39, 0.29) is 6.79 Å². The topological polar surface area (TPSA) is 71.5 Å². The molecule has 6 nitrogen and oxygen atoms in total. The number of anilines is 1. The van der Waals surface area contributed by atoms with Crippen molar-refractivity contribution < 1.29 is 14.2 Å². The summed E-state index contributed by atoms with van der Waals surface area (Å²) in [5.41, 5.74) is 7.69. The van der Waals surface area contributed by atoms with E-state index in [0.717, 1.165) is 11.1 Å². The van der Waals surface area contributed by atoms with E-state index < -0.39 is 0 Å². The van der Waals surface area contributed by atoms with Crippen LogP contribution in [0, 0.1) is 0 Å². The number of aryl methyl sites for hydroxylation is 1. The third-order valence-corrected chi connectivity index (χ3v) is 2.95. The number of aromatic nitrogens is 2. The minimum absolute atomic E-state index is 0.206. The molecule has 1 aromatic carbocycles. The number of hydrogen-bond donors (Lipinski definition) is 1. The zero-order chi connectivity index (χ0) is 12.7. The van der Waals surface area contributed by atoms with E-state index >= 15 is 0 Å². The molecule has 2 heterocycles. The number of nitrogen functional groups attached to an aromatic ring is 1. The summed E-state index contributed by atoms with van der Waals surface area (Å²) >= 11 is 0. The molecule has 18 heavy (non-hydrogen) atoms. The van der Waals surface area contributed by atoms with E-state index in [9.17, 15) is 0 Å². The van der Waals surface area contributed by atoms with Crippen LogP contribution in [-0.2, 0) is 7.05 Å². The number of fused-ring (bicyclic) bond motifs is 1. The van der Waals surface area contributed by atoms with Crippen LogP contribution < -0.4 is 19.9 Å². The van der Waals surface area contributed by atoms with Crippen molar-refractivity contribution in [3.63, 3.8) is 0 Å². The first kappa shape index (κ1) is 10.8. The van der Waals surface area contributed by atoms with E-state index in [2.05, 4.69) is 5.10 Å². The molecule has 0 unspecified atom stereocenters. The summed E-state index contributed by atoms with van der Waals surface area (Å²) in [5, 5.41) is 4.12. The molecule has 0 amide bonds. The first-order chi connectivity index (χ1) is 8.70. The molecule has 1 aliphatic rings. The molecule has 0 saturated heterocycles. The Morgan fingerprint density at radius 2 is 2.22 bits per heavy atom. The van der Waals surface area contributed by atoms with Crippen molar-refractivity contribution in [2.45, 2.75) is 0 Å². The summed E-state index contributed by atoms with van der Waals surface area (Å²) in [4.78, 5) is 0. The molecular weight excluding hydrogens is 234 g/mol. The quantitative estimate of drug-likeness (QED) is 0.868. The van der Waals surface area contributed by atoms with Crippen LogP contribution in [0.25, 0.3) is 11.1 Å². The van der Waals surface area contributed by atoms with E-state index in [1.54, 1.807) is 25.0 Å². The van der Waals surface area contributed by atoms with Gasteiger partial charge < -0.3 is 19.9 Å². The fraction of sp³-hybridized carbons (Fsp3) is 0.250. The average molecular weight is 247 g/mol. The lowest BCUT2D eigenvalue weighted by Gasteiger charge is -2.07. The molecule has 0 fully saturated rings. The molecular formula is C12H13N3O3. The zero-order valence-corrected chi connectivity index (χ0v) is 10.1. The van der Waals surface area contributed by atoms with Crippen molar-refractivity contribution in [1.82, 2.24) is 9.78 Å². The summed E-state index contributed by atoms with van der Waals surface area (Å²) in [6, 6.07) is 3.74. The van der Waals surface area contributed by atoms with Gasteiger partial charge in [-0.3, -0.25) is 4.68 Å². The zero-order valence-electron chi connectivity index (χ0n) is 10.1. The third kappa shape index (κ3) is 1.46. The van der Waals surface area contributed by atoms with Gasteiger partial charge in [0.25, 0.3) is 0 Å². The highest BCUT2D eigenvalue weighted by Crippen LogP contribution is 2.44. The van der Waals surface area contributed by atoms with Crippen molar-refractivity contribution >= 4 is 5.82 Å². The molecule has 0 spiro atoms. The minimum Gasteiger partial charge on any atom is -0.493 e. The van der Waals surface area contributed by atoms with Crippen molar-refractivity contribution in [3.8, 4) is 28.4 Å². The van der Waals surface area contributed by atoms with Gasteiger partial charge in [-0.2, -0.15) is 5.10 Å². The van der Waals surface area contributed by atoms with Crippen LogP contribution in [0.5, 0.6) is 17.2 Å². The van der Waals surface area contributed by atoms with Crippen LogP contribution >= 0.6 is 0 Å². The number of nitrogens with zero attached hydrogens (tertiary/aromatic N) is 2. The summed E-state index contributed by atoms with van der Waals surface area (Å²) in [6.07, 6.45) is 1.71. The number of nitrogens with two attached hydrogens (primary N) is 1. The van der Waals surface area contributed by atoms with Gasteiger partial charge in [-0.05, 0) is 17.7 Å². The summed E-state index contributed by atoms with van der Waals surface area (Å²) < 4.78 is 17.6. The summed E-state index contributed by atoms with van der Waals surface area (Å²) in [6.45, 7) is 0.206. The largest absolute Gasteiger partial charge is 0.493 e. The normalized spacial score (nSPS) is 12.8. The molecule has 0 aliphatic carbocycles. The molecule has 3 rings (SSSR count).